The Morgan fingerprint density at radius 2 is 2.13 bits per heavy atom. The molecule has 0 spiro atoms. The first-order valence-corrected chi connectivity index (χ1v) is 10.7. The average Bonchev–Trinajstić information content (AvgIpc) is 3.20. The number of aliphatic carboxylic acids is 1. The van der Waals surface area contributed by atoms with Crippen molar-refractivity contribution in [1.82, 2.24) is 15.1 Å². The Labute approximate surface area is 186 Å². The van der Waals surface area contributed by atoms with Crippen LogP contribution in [0.25, 0.3) is 5.70 Å². The van der Waals surface area contributed by atoms with Crippen LogP contribution in [-0.2, 0) is 9.53 Å². The number of ether oxygens (including phenoxy) is 1. The third kappa shape index (κ3) is 6.54. The molecule has 0 saturated heterocycles. The number of amides is 1. The molecule has 0 bridgehead atoms. The van der Waals surface area contributed by atoms with Crippen LogP contribution in [0.2, 0.25) is 5.02 Å². The van der Waals surface area contributed by atoms with Crippen molar-refractivity contribution in [2.75, 3.05) is 6.54 Å². The molecule has 0 saturated carbocycles. The summed E-state index contributed by atoms with van der Waals surface area (Å²) < 4.78 is 8.08. The molecule has 2 N–H and O–H groups in total. The van der Waals surface area contributed by atoms with Crippen molar-refractivity contribution >= 4 is 29.2 Å². The Morgan fingerprint density at radius 3 is 2.71 bits per heavy atom. The molecular weight excluding hydrogens is 418 g/mol. The second kappa shape index (κ2) is 10.9. The zero-order valence-electron chi connectivity index (χ0n) is 17.3. The number of nitrogens with zero attached hydrogens (tertiary/aromatic N) is 2. The minimum absolute atomic E-state index is 0.0506. The lowest BCUT2D eigenvalue weighted by molar-refractivity contribution is -0.136. The molecule has 1 amide bonds. The Morgan fingerprint density at radius 1 is 1.35 bits per heavy atom. The van der Waals surface area contributed by atoms with Crippen LogP contribution < -0.4 is 5.32 Å². The van der Waals surface area contributed by atoms with Gasteiger partial charge in [-0.3, -0.25) is 9.59 Å². The van der Waals surface area contributed by atoms with Crippen molar-refractivity contribution in [2.45, 2.75) is 44.8 Å². The number of nitrogens with one attached hydrogen (secondary N) is 1. The Hall–Kier alpha value is -2.90. The highest BCUT2D eigenvalue weighted by atomic mass is 35.5. The van der Waals surface area contributed by atoms with Crippen LogP contribution in [0.15, 0.2) is 54.9 Å². The van der Waals surface area contributed by atoms with E-state index in [4.69, 9.17) is 21.4 Å². The zero-order valence-corrected chi connectivity index (χ0v) is 18.1. The maximum Gasteiger partial charge on any atom is 0.305 e. The largest absolute Gasteiger partial charge is 0.481 e. The summed E-state index contributed by atoms with van der Waals surface area (Å²) in [5, 5.41) is 16.1. The van der Waals surface area contributed by atoms with E-state index in [9.17, 15) is 9.59 Å². The minimum atomic E-state index is -0.942. The van der Waals surface area contributed by atoms with Crippen molar-refractivity contribution < 1.29 is 19.4 Å². The van der Waals surface area contributed by atoms with E-state index in [1.54, 1.807) is 29.2 Å². The number of hydrogen-bond acceptors (Lipinski definition) is 4. The first-order valence-electron chi connectivity index (χ1n) is 10.3. The number of allylic oxidation sites excluding steroid dienone is 2. The second-order valence-electron chi connectivity index (χ2n) is 7.30. The second-order valence-corrected chi connectivity index (χ2v) is 7.74. The summed E-state index contributed by atoms with van der Waals surface area (Å²) in [6.07, 6.45) is 11.8. The van der Waals surface area contributed by atoms with Gasteiger partial charge < -0.3 is 15.2 Å². The molecule has 0 fully saturated rings. The number of aromatic nitrogens is 2. The van der Waals surface area contributed by atoms with Crippen molar-refractivity contribution in [3.63, 3.8) is 0 Å². The third-order valence-corrected chi connectivity index (χ3v) is 5.11. The fraction of sp³-hybridized carbons (Fsp3) is 0.348. The lowest BCUT2D eigenvalue weighted by Crippen LogP contribution is -2.26. The lowest BCUT2D eigenvalue weighted by Gasteiger charge is -2.24. The molecule has 2 unspecified atom stereocenters. The molecule has 31 heavy (non-hydrogen) atoms. The van der Waals surface area contributed by atoms with E-state index in [1.165, 1.54) is 0 Å². The van der Waals surface area contributed by atoms with Gasteiger partial charge in [-0.25, -0.2) is 4.68 Å². The number of carboxylic acids is 1. The summed E-state index contributed by atoms with van der Waals surface area (Å²) in [7, 11) is 0. The summed E-state index contributed by atoms with van der Waals surface area (Å²) >= 11 is 5.94. The van der Waals surface area contributed by atoms with Crippen LogP contribution in [0, 0.1) is 0 Å². The predicted molar refractivity (Wildman–Crippen MR) is 119 cm³/mol. The van der Waals surface area contributed by atoms with Gasteiger partial charge in [-0.2, -0.15) is 5.10 Å². The monoisotopic (exact) mass is 443 g/mol. The molecule has 1 aromatic heterocycles. The molecule has 1 aromatic carbocycles. The van der Waals surface area contributed by atoms with Crippen molar-refractivity contribution in [2.24, 2.45) is 0 Å². The van der Waals surface area contributed by atoms with Crippen LogP contribution in [0.1, 0.15) is 54.6 Å². The molecule has 7 nitrogen and oxygen atoms in total. The first-order chi connectivity index (χ1) is 15.0. The molecule has 2 aromatic rings. The third-order valence-electron chi connectivity index (χ3n) is 4.92. The lowest BCUT2D eigenvalue weighted by atomic mass is 10.0. The fourth-order valence-electron chi connectivity index (χ4n) is 3.32. The van der Waals surface area contributed by atoms with Gasteiger partial charge in [0.2, 0.25) is 0 Å². The Bertz CT molecular complexity index is 965. The number of rotatable bonds is 10. The Kier molecular flexibility index (Phi) is 8.03. The molecule has 1 aliphatic carbocycles. The minimum Gasteiger partial charge on any atom is -0.481 e. The van der Waals surface area contributed by atoms with E-state index in [1.807, 2.05) is 24.3 Å². The van der Waals surface area contributed by atoms with Crippen LogP contribution in [0.3, 0.4) is 0 Å². The summed E-state index contributed by atoms with van der Waals surface area (Å²) in [6.45, 7) is 2.21. The molecule has 3 rings (SSSR count). The molecule has 164 valence electrons. The summed E-state index contributed by atoms with van der Waals surface area (Å²) in [4.78, 5) is 22.7. The predicted octanol–water partition coefficient (Wildman–Crippen LogP) is 4.47. The maximum atomic E-state index is 12.1. The van der Waals surface area contributed by atoms with E-state index in [0.717, 1.165) is 30.5 Å². The van der Waals surface area contributed by atoms with Gasteiger partial charge in [0.25, 0.3) is 5.91 Å². The summed E-state index contributed by atoms with van der Waals surface area (Å²) in [6, 6.07) is 7.28. The van der Waals surface area contributed by atoms with Crippen LogP contribution in [-0.4, -0.2) is 39.4 Å². The summed E-state index contributed by atoms with van der Waals surface area (Å²) in [5.41, 5.74) is 2.45. The SMILES string of the molecule is CCCC(OC1C=CC(n2cc(Cl)cn2)=CC1)c1ccc(C(=O)NCCC(=O)O)cc1. The fourth-order valence-corrected chi connectivity index (χ4v) is 3.46. The maximum absolute atomic E-state index is 12.1. The molecule has 1 aliphatic rings. The zero-order chi connectivity index (χ0) is 22.2. The van der Waals surface area contributed by atoms with E-state index < -0.39 is 5.97 Å². The molecular formula is C23H26ClN3O4. The number of carbonyl (C=O) groups is 2. The number of benzene rings is 1. The van der Waals surface area contributed by atoms with E-state index in [-0.39, 0.29) is 31.1 Å². The van der Waals surface area contributed by atoms with Crippen molar-refractivity contribution in [3.8, 4) is 0 Å². The van der Waals surface area contributed by atoms with Crippen LogP contribution in [0.5, 0.6) is 0 Å². The van der Waals surface area contributed by atoms with Crippen LogP contribution in [0.4, 0.5) is 0 Å². The van der Waals surface area contributed by atoms with Gasteiger partial charge in [0.05, 0.1) is 35.5 Å². The molecule has 2 atom stereocenters. The quantitative estimate of drug-likeness (QED) is 0.565. The van der Waals surface area contributed by atoms with Crippen LogP contribution >= 0.6 is 11.6 Å². The molecule has 0 radical (unpaired) electrons. The standard InChI is InChI=1S/C23H26ClN3O4/c1-2-3-21(16-4-6-17(7-5-16)23(30)25-13-12-22(28)29)31-20-10-8-19(9-11-20)27-15-18(24)14-26-27/h4-10,14-15,20-21H,2-3,11-13H2,1H3,(H,25,30)(H,28,29). The van der Waals surface area contributed by atoms with E-state index >= 15 is 0 Å². The summed E-state index contributed by atoms with van der Waals surface area (Å²) in [5.74, 6) is -1.23. The molecule has 1 heterocycles. The van der Waals surface area contributed by atoms with E-state index in [2.05, 4.69) is 23.4 Å². The van der Waals surface area contributed by atoms with Gasteiger partial charge in [0.15, 0.2) is 0 Å². The van der Waals surface area contributed by atoms with Gasteiger partial charge in [-0.05, 0) is 36.6 Å². The first kappa shape index (κ1) is 22.8. The highest BCUT2D eigenvalue weighted by Crippen LogP contribution is 2.28. The molecule has 8 heteroatoms. The normalized spacial score (nSPS) is 16.6. The van der Waals surface area contributed by atoms with Gasteiger partial charge in [0.1, 0.15) is 0 Å². The number of hydrogen-bond donors (Lipinski definition) is 2. The highest BCUT2D eigenvalue weighted by Gasteiger charge is 2.19. The number of carboxylic acid groups (broad SMARTS) is 1. The van der Waals surface area contributed by atoms with Gasteiger partial charge in [0, 0.05) is 18.3 Å². The Balaban J connectivity index is 1.59. The van der Waals surface area contributed by atoms with Crippen molar-refractivity contribution in [3.05, 3.63) is 71.0 Å². The van der Waals surface area contributed by atoms with E-state index in [0.29, 0.717) is 10.6 Å². The number of halogens is 1. The average molecular weight is 444 g/mol. The van der Waals surface area contributed by atoms with Gasteiger partial charge >= 0.3 is 5.97 Å². The van der Waals surface area contributed by atoms with Gasteiger partial charge in [-0.15, -0.1) is 0 Å². The van der Waals surface area contributed by atoms with Crippen molar-refractivity contribution in [1.29, 1.82) is 0 Å². The topological polar surface area (TPSA) is 93.5 Å². The number of carbonyl (C=O) groups excluding carboxylic acids is 1. The van der Waals surface area contributed by atoms with Gasteiger partial charge in [-0.1, -0.05) is 49.2 Å². The highest BCUT2D eigenvalue weighted by molar-refractivity contribution is 6.30. The molecule has 0 aliphatic heterocycles. The smallest absolute Gasteiger partial charge is 0.305 e.